The van der Waals surface area contributed by atoms with Gasteiger partial charge in [-0.2, -0.15) is 0 Å². The van der Waals surface area contributed by atoms with Crippen LogP contribution in [0.25, 0.3) is 0 Å². The van der Waals surface area contributed by atoms with E-state index in [2.05, 4.69) is 37.6 Å². The Kier molecular flexibility index (Phi) is 8.76. The minimum atomic E-state index is 0.763. The summed E-state index contributed by atoms with van der Waals surface area (Å²) in [6.45, 7) is 7.17. The lowest BCUT2D eigenvalue weighted by Crippen LogP contribution is -2.49. The number of aryl methyl sites for hydroxylation is 1. The van der Waals surface area contributed by atoms with Gasteiger partial charge in [0.25, 0.3) is 0 Å². The predicted octanol–water partition coefficient (Wildman–Crippen LogP) is 7.56. The zero-order valence-electron chi connectivity index (χ0n) is 18.7. The fourth-order valence-corrected chi connectivity index (χ4v) is 6.14. The normalized spacial score (nSPS) is 31.3. The Bertz CT molecular complexity index is 588. The SMILES string of the molecule is CC12CC3CC(C1)CC(C)(C3)C2.COC.Cc1ccccc1.c1ccccc1. The molecule has 1 heteroatoms. The lowest BCUT2D eigenvalue weighted by atomic mass is 9.45. The van der Waals surface area contributed by atoms with Gasteiger partial charge in [0.1, 0.15) is 0 Å². The summed E-state index contributed by atoms with van der Waals surface area (Å²) in [6, 6.07) is 22.3. The Morgan fingerprint density at radius 3 is 1.25 bits per heavy atom. The summed E-state index contributed by atoms with van der Waals surface area (Å²) in [5.74, 6) is 2.22. The van der Waals surface area contributed by atoms with Crippen molar-refractivity contribution in [2.45, 2.75) is 59.3 Å². The van der Waals surface area contributed by atoms with Gasteiger partial charge in [0.15, 0.2) is 0 Å². The van der Waals surface area contributed by atoms with Crippen molar-refractivity contribution >= 4 is 0 Å². The monoisotopic (exact) mass is 380 g/mol. The first-order valence-corrected chi connectivity index (χ1v) is 10.8. The van der Waals surface area contributed by atoms with E-state index in [1.165, 1.54) is 12.0 Å². The molecule has 1 nitrogen and oxygen atoms in total. The van der Waals surface area contributed by atoms with E-state index >= 15 is 0 Å². The van der Waals surface area contributed by atoms with Crippen molar-refractivity contribution in [2.24, 2.45) is 22.7 Å². The second-order valence-corrected chi connectivity index (χ2v) is 9.80. The van der Waals surface area contributed by atoms with Crippen molar-refractivity contribution in [2.75, 3.05) is 14.2 Å². The highest BCUT2D eigenvalue weighted by molar-refractivity contribution is 5.11. The summed E-state index contributed by atoms with van der Waals surface area (Å²) in [5, 5.41) is 0. The third-order valence-electron chi connectivity index (χ3n) is 6.25. The van der Waals surface area contributed by atoms with Crippen molar-refractivity contribution in [3.63, 3.8) is 0 Å². The van der Waals surface area contributed by atoms with Crippen LogP contribution in [-0.4, -0.2) is 14.2 Å². The first-order valence-electron chi connectivity index (χ1n) is 10.8. The molecule has 2 aromatic rings. The zero-order valence-corrected chi connectivity index (χ0v) is 18.7. The molecule has 0 amide bonds. The molecule has 2 aromatic carbocycles. The molecule has 0 N–H and O–H groups in total. The Labute approximate surface area is 173 Å². The molecule has 0 spiro atoms. The average molecular weight is 381 g/mol. The first-order chi connectivity index (χ1) is 13.4. The summed E-state index contributed by atoms with van der Waals surface area (Å²) >= 11 is 0. The van der Waals surface area contributed by atoms with Crippen molar-refractivity contribution in [1.82, 2.24) is 0 Å². The average Bonchev–Trinajstić information content (AvgIpc) is 2.62. The molecule has 0 heterocycles. The van der Waals surface area contributed by atoms with E-state index < -0.39 is 0 Å². The van der Waals surface area contributed by atoms with Gasteiger partial charge in [-0.3, -0.25) is 0 Å². The van der Waals surface area contributed by atoms with E-state index in [0.29, 0.717) is 0 Å². The fraction of sp³-hybridized carbons (Fsp3) is 0.556. The maximum absolute atomic E-state index is 4.25. The van der Waals surface area contributed by atoms with Crippen LogP contribution in [0.1, 0.15) is 57.9 Å². The van der Waals surface area contributed by atoms with Gasteiger partial charge in [0.05, 0.1) is 0 Å². The lowest BCUT2D eigenvalue weighted by Gasteiger charge is -2.60. The molecule has 0 saturated heterocycles. The predicted molar refractivity (Wildman–Crippen MR) is 121 cm³/mol. The van der Waals surface area contributed by atoms with Crippen LogP contribution in [0.4, 0.5) is 0 Å². The number of hydrogen-bond donors (Lipinski definition) is 0. The van der Waals surface area contributed by atoms with Gasteiger partial charge in [-0.25, -0.2) is 0 Å². The number of benzene rings is 2. The third kappa shape index (κ3) is 7.43. The van der Waals surface area contributed by atoms with Gasteiger partial charge >= 0.3 is 0 Å². The number of methoxy groups -OCH3 is 1. The largest absolute Gasteiger partial charge is 0.388 e. The molecular weight excluding hydrogens is 340 g/mol. The third-order valence-corrected chi connectivity index (χ3v) is 6.25. The first kappa shape index (κ1) is 22.7. The van der Waals surface area contributed by atoms with Crippen molar-refractivity contribution in [3.05, 3.63) is 72.3 Å². The molecule has 4 aliphatic carbocycles. The molecule has 6 rings (SSSR count). The number of rotatable bonds is 0. The van der Waals surface area contributed by atoms with E-state index in [1.807, 2.05) is 54.6 Å². The molecule has 154 valence electrons. The van der Waals surface area contributed by atoms with Crippen molar-refractivity contribution in [3.8, 4) is 0 Å². The molecule has 4 saturated carbocycles. The summed E-state index contributed by atoms with van der Waals surface area (Å²) in [5.41, 5.74) is 2.85. The Morgan fingerprint density at radius 2 is 1.00 bits per heavy atom. The molecule has 0 aromatic heterocycles. The molecule has 4 fully saturated rings. The highest BCUT2D eigenvalue weighted by Gasteiger charge is 2.53. The Hall–Kier alpha value is -1.60. The highest BCUT2D eigenvalue weighted by atomic mass is 16.4. The van der Waals surface area contributed by atoms with Gasteiger partial charge in [0, 0.05) is 14.2 Å². The van der Waals surface area contributed by atoms with E-state index in [4.69, 9.17) is 0 Å². The molecule has 4 bridgehead atoms. The van der Waals surface area contributed by atoms with Crippen LogP contribution in [-0.2, 0) is 4.74 Å². The maximum Gasteiger partial charge on any atom is 0.0351 e. The molecule has 0 radical (unpaired) electrons. The summed E-state index contributed by atoms with van der Waals surface area (Å²) in [7, 11) is 3.25. The maximum atomic E-state index is 4.25. The number of ether oxygens (including phenoxy) is 1. The summed E-state index contributed by atoms with van der Waals surface area (Å²) < 4.78 is 4.25. The van der Waals surface area contributed by atoms with Crippen LogP contribution in [0.5, 0.6) is 0 Å². The molecule has 4 aliphatic rings. The molecule has 28 heavy (non-hydrogen) atoms. The van der Waals surface area contributed by atoms with E-state index in [0.717, 1.165) is 22.7 Å². The van der Waals surface area contributed by atoms with Gasteiger partial charge < -0.3 is 4.74 Å². The van der Waals surface area contributed by atoms with E-state index in [1.54, 1.807) is 46.3 Å². The van der Waals surface area contributed by atoms with Crippen molar-refractivity contribution < 1.29 is 4.74 Å². The zero-order chi connectivity index (χ0) is 20.5. The smallest absolute Gasteiger partial charge is 0.0351 e. The van der Waals surface area contributed by atoms with Gasteiger partial charge in [-0.1, -0.05) is 86.1 Å². The van der Waals surface area contributed by atoms with E-state index in [9.17, 15) is 0 Å². The topological polar surface area (TPSA) is 9.23 Å². The van der Waals surface area contributed by atoms with E-state index in [-0.39, 0.29) is 0 Å². The van der Waals surface area contributed by atoms with Gasteiger partial charge in [-0.15, -0.1) is 0 Å². The molecule has 0 unspecified atom stereocenters. The fourth-order valence-electron chi connectivity index (χ4n) is 6.14. The minimum Gasteiger partial charge on any atom is -0.388 e. The molecule has 0 aliphatic heterocycles. The minimum absolute atomic E-state index is 0.763. The van der Waals surface area contributed by atoms with Crippen LogP contribution in [0, 0.1) is 29.6 Å². The van der Waals surface area contributed by atoms with Crippen molar-refractivity contribution in [1.29, 1.82) is 0 Å². The Morgan fingerprint density at radius 1 is 0.679 bits per heavy atom. The van der Waals surface area contributed by atoms with Crippen LogP contribution in [0.15, 0.2) is 66.7 Å². The quantitative estimate of drug-likeness (QED) is 0.458. The van der Waals surface area contributed by atoms with Crippen LogP contribution >= 0.6 is 0 Å². The second kappa shape index (κ2) is 10.8. The van der Waals surface area contributed by atoms with Gasteiger partial charge in [0.2, 0.25) is 0 Å². The summed E-state index contributed by atoms with van der Waals surface area (Å²) in [6.07, 6.45) is 9.33. The Balaban J connectivity index is 0.000000151. The highest BCUT2D eigenvalue weighted by Crippen LogP contribution is 2.64. The van der Waals surface area contributed by atoms with Crippen LogP contribution in [0.2, 0.25) is 0 Å². The second-order valence-electron chi connectivity index (χ2n) is 9.80. The number of hydrogen-bond acceptors (Lipinski definition) is 1. The summed E-state index contributed by atoms with van der Waals surface area (Å²) in [4.78, 5) is 0. The molecular formula is C27H40O. The van der Waals surface area contributed by atoms with Gasteiger partial charge in [-0.05, 0) is 68.1 Å². The lowest BCUT2D eigenvalue weighted by molar-refractivity contribution is -0.0920. The molecule has 0 atom stereocenters. The van der Waals surface area contributed by atoms with Crippen LogP contribution in [0.3, 0.4) is 0 Å². The van der Waals surface area contributed by atoms with Crippen LogP contribution < -0.4 is 0 Å². The standard InChI is InChI=1S/C12H20.C7H8.C6H6.C2H6O/c1-11-4-9-3-10(5-11)7-12(2,6-9)8-11;1-7-5-3-2-4-6-7;1-2-4-6-5-3-1;1-3-2/h9-10H,3-8H2,1-2H3;2-6H,1H3;1-6H;1-2H3.